The standard InChI is InChI=1S/C31H37ClFN11OS/c1-18(34)3-2-4-20-11-24(27(33)25(32)12-20)26-13-21-16-44(31(45)43-28(21)42-26)23-7-5-19(6-8-23)14-38-22(9-10-37-29(35)36)15-39-30-40-17-41-46-30/h5-8,11-13,16-18,22,38H,2-4,9-10,14-15,34H2,1H3,(H4,35,36,37)(H,39,40,41)(H,42,43,45). The zero-order valence-corrected chi connectivity index (χ0v) is 26.9. The van der Waals surface area contributed by atoms with Crippen molar-refractivity contribution < 1.29 is 4.39 Å². The van der Waals surface area contributed by atoms with Gasteiger partial charge in [0.15, 0.2) is 11.8 Å². The Hall–Kier alpha value is -4.37. The summed E-state index contributed by atoms with van der Waals surface area (Å²) in [5.74, 6) is -0.474. The number of fused-ring (bicyclic) bond motifs is 1. The summed E-state index contributed by atoms with van der Waals surface area (Å²) in [4.78, 5) is 28.6. The van der Waals surface area contributed by atoms with E-state index in [-0.39, 0.29) is 23.1 Å². The van der Waals surface area contributed by atoms with Gasteiger partial charge in [0.25, 0.3) is 0 Å². The largest absolute Gasteiger partial charge is 0.370 e. The van der Waals surface area contributed by atoms with E-state index in [0.717, 1.165) is 35.5 Å². The molecule has 0 fully saturated rings. The summed E-state index contributed by atoms with van der Waals surface area (Å²) in [6.45, 7) is 3.63. The van der Waals surface area contributed by atoms with Crippen molar-refractivity contribution in [1.82, 2.24) is 29.2 Å². The maximum Gasteiger partial charge on any atom is 0.354 e. The fraction of sp³-hybridized carbons (Fsp3) is 0.323. The second kappa shape index (κ2) is 15.3. The molecule has 0 aliphatic heterocycles. The molecule has 242 valence electrons. The van der Waals surface area contributed by atoms with Crippen LogP contribution in [0.25, 0.3) is 28.0 Å². The number of anilines is 1. The number of aryl methyl sites for hydroxylation is 1. The molecule has 0 bridgehead atoms. The van der Waals surface area contributed by atoms with Crippen LogP contribution in [0.4, 0.5) is 9.52 Å². The van der Waals surface area contributed by atoms with Gasteiger partial charge in [-0.3, -0.25) is 9.56 Å². The molecule has 3 heterocycles. The van der Waals surface area contributed by atoms with Gasteiger partial charge in [0.2, 0.25) is 5.13 Å². The monoisotopic (exact) mass is 665 g/mol. The molecule has 2 unspecified atom stereocenters. The van der Waals surface area contributed by atoms with Crippen LogP contribution in [-0.4, -0.2) is 55.0 Å². The lowest BCUT2D eigenvalue weighted by atomic mass is 10.0. The van der Waals surface area contributed by atoms with Crippen LogP contribution in [0.15, 0.2) is 64.8 Å². The first kappa shape index (κ1) is 33.0. The molecule has 0 aliphatic carbocycles. The third-order valence-electron chi connectivity index (χ3n) is 7.45. The number of nitrogens with one attached hydrogen (secondary N) is 3. The average molecular weight is 666 g/mol. The highest BCUT2D eigenvalue weighted by Gasteiger charge is 2.16. The zero-order valence-electron chi connectivity index (χ0n) is 25.3. The fourth-order valence-electron chi connectivity index (χ4n) is 5.06. The predicted molar refractivity (Wildman–Crippen MR) is 183 cm³/mol. The molecule has 0 amide bonds. The molecular weight excluding hydrogens is 629 g/mol. The summed E-state index contributed by atoms with van der Waals surface area (Å²) in [6.07, 6.45) is 6.35. The molecule has 0 saturated carbocycles. The lowest BCUT2D eigenvalue weighted by Crippen LogP contribution is -2.36. The van der Waals surface area contributed by atoms with Crippen LogP contribution in [0.1, 0.15) is 37.3 Å². The Morgan fingerprint density at radius 1 is 1.17 bits per heavy atom. The van der Waals surface area contributed by atoms with E-state index >= 15 is 4.39 Å². The lowest BCUT2D eigenvalue weighted by molar-refractivity contribution is 0.503. The predicted octanol–water partition coefficient (Wildman–Crippen LogP) is 3.93. The number of rotatable bonds is 15. The maximum absolute atomic E-state index is 15.1. The van der Waals surface area contributed by atoms with E-state index in [0.29, 0.717) is 54.0 Å². The third-order valence-corrected chi connectivity index (χ3v) is 8.35. The van der Waals surface area contributed by atoms with E-state index in [2.05, 4.69) is 35.0 Å². The Morgan fingerprint density at radius 2 is 1.98 bits per heavy atom. The number of H-pyrrole nitrogens is 1. The molecule has 2 aromatic carbocycles. The van der Waals surface area contributed by atoms with Crippen LogP contribution in [-0.2, 0) is 13.0 Å². The number of aliphatic imine (C=N–C) groups is 1. The first-order valence-corrected chi connectivity index (χ1v) is 16.1. The second-order valence-electron chi connectivity index (χ2n) is 11.2. The van der Waals surface area contributed by atoms with Gasteiger partial charge in [0, 0.05) is 60.4 Å². The molecule has 0 aliphatic rings. The molecule has 2 atom stereocenters. The highest BCUT2D eigenvalue weighted by Crippen LogP contribution is 2.31. The minimum absolute atomic E-state index is 0.0437. The number of aromatic nitrogens is 5. The van der Waals surface area contributed by atoms with Gasteiger partial charge >= 0.3 is 5.69 Å². The Bertz CT molecular complexity index is 1830. The van der Waals surface area contributed by atoms with Gasteiger partial charge < -0.3 is 32.8 Å². The Morgan fingerprint density at radius 3 is 2.70 bits per heavy atom. The molecule has 3 aromatic heterocycles. The number of hydrogen-bond acceptors (Lipinski definition) is 9. The van der Waals surface area contributed by atoms with E-state index in [1.807, 2.05) is 31.2 Å². The molecule has 15 heteroatoms. The van der Waals surface area contributed by atoms with Crippen molar-refractivity contribution >= 4 is 45.3 Å². The van der Waals surface area contributed by atoms with Crippen molar-refractivity contribution in [1.29, 1.82) is 0 Å². The molecule has 0 saturated heterocycles. The number of aromatic amines is 1. The van der Waals surface area contributed by atoms with Gasteiger partial charge in [-0.2, -0.15) is 9.36 Å². The molecule has 9 N–H and O–H groups in total. The first-order chi connectivity index (χ1) is 22.2. The van der Waals surface area contributed by atoms with Gasteiger partial charge in [0.05, 0.1) is 16.4 Å². The molecule has 0 radical (unpaired) electrons. The number of nitrogens with zero attached hydrogens (tertiary/aromatic N) is 5. The third kappa shape index (κ3) is 8.66. The fourth-order valence-corrected chi connectivity index (χ4v) is 5.74. The maximum atomic E-state index is 15.1. The summed E-state index contributed by atoms with van der Waals surface area (Å²) >= 11 is 7.54. The van der Waals surface area contributed by atoms with Gasteiger partial charge in [-0.15, -0.1) is 0 Å². The van der Waals surface area contributed by atoms with Gasteiger partial charge in [-0.1, -0.05) is 23.7 Å². The zero-order chi connectivity index (χ0) is 32.6. The van der Waals surface area contributed by atoms with Gasteiger partial charge in [-0.25, -0.2) is 14.2 Å². The SMILES string of the molecule is CC(N)CCCc1cc(Cl)c(F)c(-c2cc3cn(-c4ccc(CNC(CCN=C(N)N)CNc5ncns5)cc4)c(=O)nc3[nH]2)c1. The van der Waals surface area contributed by atoms with Gasteiger partial charge in [-0.05, 0) is 74.1 Å². The number of benzene rings is 2. The van der Waals surface area contributed by atoms with Crippen molar-refractivity contribution in [3.63, 3.8) is 0 Å². The topological polar surface area (TPSA) is 191 Å². The van der Waals surface area contributed by atoms with Crippen molar-refractivity contribution in [3.05, 3.63) is 87.4 Å². The van der Waals surface area contributed by atoms with Crippen molar-refractivity contribution in [2.45, 2.75) is 51.2 Å². The van der Waals surface area contributed by atoms with E-state index in [1.165, 1.54) is 22.4 Å². The highest BCUT2D eigenvalue weighted by atomic mass is 35.5. The molecule has 5 rings (SSSR count). The summed E-state index contributed by atoms with van der Waals surface area (Å²) in [7, 11) is 0. The summed E-state index contributed by atoms with van der Waals surface area (Å²) in [5.41, 5.74) is 20.2. The van der Waals surface area contributed by atoms with Crippen molar-refractivity contribution in [2.24, 2.45) is 22.2 Å². The van der Waals surface area contributed by atoms with Gasteiger partial charge in [0.1, 0.15) is 12.0 Å². The van der Waals surface area contributed by atoms with E-state index in [1.54, 1.807) is 24.4 Å². The van der Waals surface area contributed by atoms with E-state index in [9.17, 15) is 4.79 Å². The van der Waals surface area contributed by atoms with Crippen LogP contribution >= 0.6 is 23.1 Å². The van der Waals surface area contributed by atoms with Crippen LogP contribution < -0.4 is 33.5 Å². The van der Waals surface area contributed by atoms with E-state index < -0.39 is 11.5 Å². The quantitative estimate of drug-likeness (QED) is 0.0710. The van der Waals surface area contributed by atoms with E-state index in [4.69, 9.17) is 28.8 Å². The van der Waals surface area contributed by atoms with Crippen LogP contribution in [0.3, 0.4) is 0 Å². The van der Waals surface area contributed by atoms with Crippen LogP contribution in [0.5, 0.6) is 0 Å². The Labute approximate surface area is 274 Å². The van der Waals surface area contributed by atoms with Crippen molar-refractivity contribution in [3.8, 4) is 16.9 Å². The highest BCUT2D eigenvalue weighted by molar-refractivity contribution is 7.09. The molecular formula is C31H37ClFN11OS. The summed E-state index contributed by atoms with van der Waals surface area (Å²) < 4.78 is 20.6. The van der Waals surface area contributed by atoms with Crippen LogP contribution in [0, 0.1) is 5.82 Å². The minimum Gasteiger partial charge on any atom is -0.370 e. The van der Waals surface area contributed by atoms with Crippen LogP contribution in [0.2, 0.25) is 5.02 Å². The summed E-state index contributed by atoms with van der Waals surface area (Å²) in [6, 6.07) is 13.0. The molecule has 0 spiro atoms. The molecule has 5 aromatic rings. The normalized spacial score (nSPS) is 12.7. The van der Waals surface area contributed by atoms with Crippen molar-refractivity contribution in [2.75, 3.05) is 18.4 Å². The first-order valence-electron chi connectivity index (χ1n) is 14.9. The number of halogens is 2. The Balaban J connectivity index is 1.30. The molecule has 46 heavy (non-hydrogen) atoms. The minimum atomic E-state index is -0.530. The summed E-state index contributed by atoms with van der Waals surface area (Å²) in [5, 5.41) is 8.24. The number of guanidine groups is 1. The number of nitrogens with two attached hydrogens (primary N) is 3. The molecule has 12 nitrogen and oxygen atoms in total. The smallest absolute Gasteiger partial charge is 0.354 e. The Kier molecular flexibility index (Phi) is 11.0. The average Bonchev–Trinajstić information content (AvgIpc) is 3.69. The second-order valence-corrected chi connectivity index (χ2v) is 12.3. The lowest BCUT2D eigenvalue weighted by Gasteiger charge is -2.18. The number of hydrogen-bond donors (Lipinski definition) is 6.